The van der Waals surface area contributed by atoms with Crippen LogP contribution < -0.4 is 5.73 Å². The van der Waals surface area contributed by atoms with Gasteiger partial charge in [-0.3, -0.25) is 4.79 Å². The lowest BCUT2D eigenvalue weighted by atomic mass is 10.1. The number of hydrogen-bond acceptors (Lipinski definition) is 3. The molecule has 0 bridgehead atoms. The number of nitrogens with two attached hydrogens (primary N) is 1. The Morgan fingerprint density at radius 3 is 2.50 bits per heavy atom. The molecule has 1 rings (SSSR count). The van der Waals surface area contributed by atoms with Crippen molar-refractivity contribution in [2.24, 2.45) is 5.73 Å². The molecule has 2 N–H and O–H groups in total. The largest absolute Gasteiger partial charge is 0.368 e. The summed E-state index contributed by atoms with van der Waals surface area (Å²) < 4.78 is 23.2. The summed E-state index contributed by atoms with van der Waals surface area (Å²) in [6, 6.07) is -0.686. The van der Waals surface area contributed by atoms with Gasteiger partial charge in [0.15, 0.2) is 0 Å². The van der Waals surface area contributed by atoms with Crippen molar-refractivity contribution in [1.82, 2.24) is 4.31 Å². The third-order valence-corrected chi connectivity index (χ3v) is 4.05. The minimum atomic E-state index is -3.46. The van der Waals surface area contributed by atoms with Crippen molar-refractivity contribution in [2.45, 2.75) is 12.5 Å². The van der Waals surface area contributed by atoms with E-state index in [9.17, 15) is 13.2 Å². The molecular formula is C5H9ClN2O3S. The number of rotatable bonds is 3. The van der Waals surface area contributed by atoms with Crippen molar-refractivity contribution in [3.8, 4) is 0 Å². The van der Waals surface area contributed by atoms with E-state index in [0.29, 0.717) is 13.0 Å². The van der Waals surface area contributed by atoms with Crippen LogP contribution in [0.1, 0.15) is 6.42 Å². The fraction of sp³-hybridized carbons (Fsp3) is 0.800. The van der Waals surface area contributed by atoms with Crippen LogP contribution in [0.3, 0.4) is 0 Å². The lowest BCUT2D eigenvalue weighted by Gasteiger charge is -2.36. The van der Waals surface area contributed by atoms with Gasteiger partial charge in [0.05, 0.1) is 0 Å². The Kier molecular flexibility index (Phi) is 2.60. The molecule has 7 heteroatoms. The summed E-state index contributed by atoms with van der Waals surface area (Å²) in [4.78, 5) is 10.6. The highest BCUT2D eigenvalue weighted by atomic mass is 35.5. The van der Waals surface area contributed by atoms with Gasteiger partial charge in [-0.25, -0.2) is 8.42 Å². The average Bonchev–Trinajstić information content (AvgIpc) is 1.82. The Labute approximate surface area is 75.5 Å². The quantitative estimate of drug-likeness (QED) is 0.614. The molecule has 1 unspecified atom stereocenters. The van der Waals surface area contributed by atoms with Gasteiger partial charge in [-0.05, 0) is 6.42 Å². The van der Waals surface area contributed by atoms with E-state index in [1.54, 1.807) is 0 Å². The highest BCUT2D eigenvalue weighted by molar-refractivity contribution is 7.90. The molecule has 1 heterocycles. The van der Waals surface area contributed by atoms with Gasteiger partial charge in [-0.1, -0.05) is 0 Å². The van der Waals surface area contributed by atoms with E-state index in [2.05, 4.69) is 0 Å². The van der Waals surface area contributed by atoms with E-state index in [0.717, 1.165) is 4.31 Å². The van der Waals surface area contributed by atoms with Gasteiger partial charge < -0.3 is 5.73 Å². The van der Waals surface area contributed by atoms with Crippen LogP contribution in [0.5, 0.6) is 0 Å². The lowest BCUT2D eigenvalue weighted by Crippen LogP contribution is -2.57. The monoisotopic (exact) mass is 212 g/mol. The van der Waals surface area contributed by atoms with Crippen LogP contribution in [0.2, 0.25) is 0 Å². The molecule has 0 aliphatic carbocycles. The number of sulfonamides is 1. The van der Waals surface area contributed by atoms with Crippen molar-refractivity contribution >= 4 is 27.5 Å². The van der Waals surface area contributed by atoms with Crippen LogP contribution in [0, 0.1) is 0 Å². The zero-order valence-corrected chi connectivity index (χ0v) is 7.81. The van der Waals surface area contributed by atoms with Gasteiger partial charge in [-0.2, -0.15) is 4.31 Å². The minimum absolute atomic E-state index is 0.336. The molecule has 1 atom stereocenters. The van der Waals surface area contributed by atoms with Crippen molar-refractivity contribution < 1.29 is 13.2 Å². The predicted molar refractivity (Wildman–Crippen MR) is 43.9 cm³/mol. The Balaban J connectivity index is 2.73. The first-order valence-electron chi connectivity index (χ1n) is 3.34. The summed E-state index contributed by atoms with van der Waals surface area (Å²) in [5.41, 5.74) is 4.95. The summed E-state index contributed by atoms with van der Waals surface area (Å²) in [6.07, 6.45) is 0.492. The molecule has 1 saturated heterocycles. The SMILES string of the molecule is NC(=O)C1CCN1S(=O)(=O)CCl. The van der Waals surface area contributed by atoms with Crippen molar-refractivity contribution in [3.05, 3.63) is 0 Å². The van der Waals surface area contributed by atoms with Crippen molar-refractivity contribution in [3.63, 3.8) is 0 Å². The molecule has 0 saturated carbocycles. The number of carbonyl (C=O) groups excluding carboxylic acids is 1. The third-order valence-electron chi connectivity index (χ3n) is 1.79. The summed E-state index contributed by atoms with van der Waals surface area (Å²) in [7, 11) is -3.46. The summed E-state index contributed by atoms with van der Waals surface area (Å²) in [5.74, 6) is -0.616. The van der Waals surface area contributed by atoms with Crippen LogP contribution in [0.25, 0.3) is 0 Å². The first kappa shape index (κ1) is 9.76. The van der Waals surface area contributed by atoms with E-state index in [-0.39, 0.29) is 0 Å². The van der Waals surface area contributed by atoms with Gasteiger partial charge in [-0.15, -0.1) is 11.6 Å². The second kappa shape index (κ2) is 3.20. The minimum Gasteiger partial charge on any atom is -0.368 e. The van der Waals surface area contributed by atoms with E-state index in [1.807, 2.05) is 0 Å². The van der Waals surface area contributed by atoms with E-state index < -0.39 is 27.2 Å². The maximum absolute atomic E-state index is 11.1. The average molecular weight is 213 g/mol. The van der Waals surface area contributed by atoms with Gasteiger partial charge in [0.1, 0.15) is 11.3 Å². The van der Waals surface area contributed by atoms with Crippen molar-refractivity contribution in [1.29, 1.82) is 0 Å². The zero-order valence-electron chi connectivity index (χ0n) is 6.23. The fourth-order valence-corrected chi connectivity index (χ4v) is 2.53. The van der Waals surface area contributed by atoms with E-state index >= 15 is 0 Å². The number of primary amides is 1. The first-order chi connectivity index (χ1) is 5.49. The van der Waals surface area contributed by atoms with Crippen LogP contribution in [0.4, 0.5) is 0 Å². The Hall–Kier alpha value is -0.330. The highest BCUT2D eigenvalue weighted by Crippen LogP contribution is 2.21. The molecule has 0 spiro atoms. The molecule has 5 nitrogen and oxygen atoms in total. The normalized spacial score (nSPS) is 24.9. The van der Waals surface area contributed by atoms with E-state index in [4.69, 9.17) is 17.3 Å². The first-order valence-corrected chi connectivity index (χ1v) is 5.48. The molecule has 1 aliphatic heterocycles. The van der Waals surface area contributed by atoms with Gasteiger partial charge in [0.2, 0.25) is 15.9 Å². The lowest BCUT2D eigenvalue weighted by molar-refractivity contribution is -0.124. The van der Waals surface area contributed by atoms with Crippen LogP contribution >= 0.6 is 11.6 Å². The second-order valence-corrected chi connectivity index (χ2v) is 5.04. The van der Waals surface area contributed by atoms with Crippen LogP contribution in [0.15, 0.2) is 0 Å². The number of nitrogens with zero attached hydrogens (tertiary/aromatic N) is 1. The number of alkyl halides is 1. The smallest absolute Gasteiger partial charge is 0.235 e. The second-order valence-electron chi connectivity index (χ2n) is 2.54. The van der Waals surface area contributed by atoms with Gasteiger partial charge >= 0.3 is 0 Å². The maximum atomic E-state index is 11.1. The standard InChI is InChI=1S/C5H9ClN2O3S/c6-3-12(10,11)8-2-1-4(8)5(7)9/h4H,1-3H2,(H2,7,9). The predicted octanol–water partition coefficient (Wildman–Crippen LogP) is -0.928. The molecule has 12 heavy (non-hydrogen) atoms. The zero-order chi connectivity index (χ0) is 9.35. The molecular weight excluding hydrogens is 204 g/mol. The van der Waals surface area contributed by atoms with Crippen LogP contribution in [-0.4, -0.2) is 36.4 Å². The molecule has 0 aromatic rings. The summed E-state index contributed by atoms with van der Waals surface area (Å²) in [6.45, 7) is 0.336. The Morgan fingerprint density at radius 2 is 2.25 bits per heavy atom. The molecule has 0 radical (unpaired) electrons. The number of carbonyl (C=O) groups is 1. The topological polar surface area (TPSA) is 80.5 Å². The number of halogens is 1. The maximum Gasteiger partial charge on any atom is 0.235 e. The highest BCUT2D eigenvalue weighted by Gasteiger charge is 2.40. The van der Waals surface area contributed by atoms with Gasteiger partial charge in [0.25, 0.3) is 0 Å². The number of amides is 1. The van der Waals surface area contributed by atoms with E-state index in [1.165, 1.54) is 0 Å². The van der Waals surface area contributed by atoms with Gasteiger partial charge in [0, 0.05) is 6.54 Å². The molecule has 1 fully saturated rings. The molecule has 0 aromatic carbocycles. The van der Waals surface area contributed by atoms with Crippen LogP contribution in [-0.2, 0) is 14.8 Å². The third kappa shape index (κ3) is 1.55. The number of hydrogen-bond donors (Lipinski definition) is 1. The van der Waals surface area contributed by atoms with Crippen molar-refractivity contribution in [2.75, 3.05) is 11.8 Å². The molecule has 0 aromatic heterocycles. The molecule has 1 aliphatic rings. The Morgan fingerprint density at radius 1 is 1.67 bits per heavy atom. The summed E-state index contributed by atoms with van der Waals surface area (Å²) >= 11 is 5.19. The Bertz CT molecular complexity index is 289. The summed E-state index contributed by atoms with van der Waals surface area (Å²) in [5, 5.41) is -0.503. The molecule has 70 valence electrons. The fourth-order valence-electron chi connectivity index (χ4n) is 1.04. The molecule has 1 amide bonds.